The van der Waals surface area contributed by atoms with E-state index in [-0.39, 0.29) is 28.9 Å². The molecule has 3 aromatic rings. The standard InChI is InChI=1S/C16H16N8O4/c17-14-15(20-28-19-14)23-13(10-4-6-11(7-5-10)24(26)27)12(18-21-23)16(25)22-8-2-1-3-9-22/h4-7H,1-3,8-9H2,(H2,17,19). The summed E-state index contributed by atoms with van der Waals surface area (Å²) in [6.07, 6.45) is 2.92. The lowest BCUT2D eigenvalue weighted by Crippen LogP contribution is -2.36. The van der Waals surface area contributed by atoms with E-state index in [1.54, 1.807) is 4.90 Å². The molecule has 0 spiro atoms. The van der Waals surface area contributed by atoms with Gasteiger partial charge in [0.2, 0.25) is 11.6 Å². The first-order valence-corrected chi connectivity index (χ1v) is 8.64. The van der Waals surface area contributed by atoms with Gasteiger partial charge in [0.15, 0.2) is 5.69 Å². The summed E-state index contributed by atoms with van der Waals surface area (Å²) in [5.74, 6) is -0.210. The van der Waals surface area contributed by atoms with Crippen LogP contribution in [0.4, 0.5) is 11.5 Å². The van der Waals surface area contributed by atoms with Crippen molar-refractivity contribution in [2.75, 3.05) is 18.8 Å². The first-order chi connectivity index (χ1) is 13.6. The molecule has 1 fully saturated rings. The maximum atomic E-state index is 13.0. The van der Waals surface area contributed by atoms with Gasteiger partial charge in [-0.3, -0.25) is 14.9 Å². The minimum absolute atomic E-state index is 0.0231. The molecular formula is C16H16N8O4. The molecule has 0 unspecified atom stereocenters. The van der Waals surface area contributed by atoms with Gasteiger partial charge in [-0.2, -0.15) is 4.68 Å². The van der Waals surface area contributed by atoms with Crippen LogP contribution in [0.2, 0.25) is 0 Å². The highest BCUT2D eigenvalue weighted by Crippen LogP contribution is 2.29. The molecule has 0 saturated carbocycles. The Labute approximate surface area is 158 Å². The summed E-state index contributed by atoms with van der Waals surface area (Å²) in [6.45, 7) is 1.28. The van der Waals surface area contributed by atoms with Crippen LogP contribution in [0.5, 0.6) is 0 Å². The van der Waals surface area contributed by atoms with E-state index in [4.69, 9.17) is 5.73 Å². The molecule has 0 atom stereocenters. The van der Waals surface area contributed by atoms with E-state index in [2.05, 4.69) is 25.3 Å². The summed E-state index contributed by atoms with van der Waals surface area (Å²) >= 11 is 0. The quantitative estimate of drug-likeness (QED) is 0.518. The number of amides is 1. The predicted molar refractivity (Wildman–Crippen MR) is 95.5 cm³/mol. The SMILES string of the molecule is Nc1nonc1-n1nnc(C(=O)N2CCCCC2)c1-c1ccc([N+](=O)[O-])cc1. The Hall–Kier alpha value is -3.83. The van der Waals surface area contributed by atoms with Crippen molar-refractivity contribution >= 4 is 17.4 Å². The molecule has 2 N–H and O–H groups in total. The number of nitrogen functional groups attached to an aromatic ring is 1. The number of carbonyl (C=O) groups is 1. The van der Waals surface area contributed by atoms with Crippen LogP contribution in [-0.4, -0.2) is 54.1 Å². The van der Waals surface area contributed by atoms with Crippen LogP contribution in [0.25, 0.3) is 17.1 Å². The average molecular weight is 384 g/mol. The maximum Gasteiger partial charge on any atom is 0.276 e. The normalized spacial score (nSPS) is 14.2. The van der Waals surface area contributed by atoms with Gasteiger partial charge in [-0.25, -0.2) is 4.63 Å². The fourth-order valence-electron chi connectivity index (χ4n) is 3.16. The lowest BCUT2D eigenvalue weighted by Gasteiger charge is -2.26. The van der Waals surface area contributed by atoms with Gasteiger partial charge in [-0.1, -0.05) is 5.21 Å². The minimum Gasteiger partial charge on any atom is -0.378 e. The summed E-state index contributed by atoms with van der Waals surface area (Å²) in [5.41, 5.74) is 6.62. The third kappa shape index (κ3) is 3.04. The number of piperidine rings is 1. The Morgan fingerprint density at radius 2 is 1.86 bits per heavy atom. The molecule has 12 nitrogen and oxygen atoms in total. The second-order valence-corrected chi connectivity index (χ2v) is 6.33. The highest BCUT2D eigenvalue weighted by molar-refractivity contribution is 5.98. The van der Waals surface area contributed by atoms with Crippen LogP contribution in [0.1, 0.15) is 29.8 Å². The second kappa shape index (κ2) is 7.06. The first kappa shape index (κ1) is 17.6. The Morgan fingerprint density at radius 1 is 1.14 bits per heavy atom. The molecule has 12 heteroatoms. The summed E-state index contributed by atoms with van der Waals surface area (Å²) in [7, 11) is 0. The van der Waals surface area contributed by atoms with Crippen molar-refractivity contribution in [2.45, 2.75) is 19.3 Å². The number of nitro groups is 1. The van der Waals surface area contributed by atoms with Gasteiger partial charge in [-0.05, 0) is 41.7 Å². The summed E-state index contributed by atoms with van der Waals surface area (Å²) < 4.78 is 5.88. The number of nitro benzene ring substituents is 1. The molecule has 1 amide bonds. The summed E-state index contributed by atoms with van der Waals surface area (Å²) in [6, 6.07) is 5.71. The number of nitrogens with zero attached hydrogens (tertiary/aromatic N) is 7. The highest BCUT2D eigenvalue weighted by Gasteiger charge is 2.29. The van der Waals surface area contributed by atoms with Gasteiger partial charge in [0.1, 0.15) is 5.69 Å². The number of anilines is 1. The Bertz CT molecular complexity index is 1020. The zero-order valence-electron chi connectivity index (χ0n) is 14.7. The Morgan fingerprint density at radius 3 is 2.46 bits per heavy atom. The molecule has 2 aromatic heterocycles. The molecule has 3 heterocycles. The van der Waals surface area contributed by atoms with Gasteiger partial charge in [0.25, 0.3) is 11.6 Å². The fraction of sp³-hybridized carbons (Fsp3) is 0.312. The Balaban J connectivity index is 1.83. The van der Waals surface area contributed by atoms with Crippen LogP contribution in [0.15, 0.2) is 28.9 Å². The second-order valence-electron chi connectivity index (χ2n) is 6.33. The molecule has 4 rings (SSSR count). The van der Waals surface area contributed by atoms with Gasteiger partial charge in [0.05, 0.1) is 4.92 Å². The number of benzene rings is 1. The van der Waals surface area contributed by atoms with Gasteiger partial charge >= 0.3 is 0 Å². The Kier molecular flexibility index (Phi) is 4.43. The number of carbonyl (C=O) groups excluding carboxylic acids is 1. The number of aromatic nitrogens is 5. The molecular weight excluding hydrogens is 368 g/mol. The van der Waals surface area contributed by atoms with Crippen molar-refractivity contribution in [2.24, 2.45) is 0 Å². The van der Waals surface area contributed by atoms with Gasteiger partial charge in [0, 0.05) is 30.8 Å². The lowest BCUT2D eigenvalue weighted by molar-refractivity contribution is -0.384. The molecule has 0 radical (unpaired) electrons. The number of non-ortho nitro benzene ring substituents is 1. The topological polar surface area (TPSA) is 159 Å². The number of likely N-dealkylation sites (tertiary alicyclic amines) is 1. The maximum absolute atomic E-state index is 13.0. The average Bonchev–Trinajstić information content (AvgIpc) is 3.34. The summed E-state index contributed by atoms with van der Waals surface area (Å²) in [5, 5.41) is 26.3. The van der Waals surface area contributed by atoms with E-state index in [0.29, 0.717) is 24.3 Å². The molecule has 0 bridgehead atoms. The van der Waals surface area contributed by atoms with Crippen LogP contribution in [-0.2, 0) is 0 Å². The van der Waals surface area contributed by atoms with Crippen LogP contribution in [0.3, 0.4) is 0 Å². The molecule has 1 saturated heterocycles. The largest absolute Gasteiger partial charge is 0.378 e. The zero-order chi connectivity index (χ0) is 19.7. The van der Waals surface area contributed by atoms with E-state index in [9.17, 15) is 14.9 Å². The number of nitrogens with two attached hydrogens (primary N) is 1. The lowest BCUT2D eigenvalue weighted by atomic mass is 10.1. The van der Waals surface area contributed by atoms with E-state index >= 15 is 0 Å². The zero-order valence-corrected chi connectivity index (χ0v) is 14.7. The van der Waals surface area contributed by atoms with Crippen molar-refractivity contribution in [3.8, 4) is 17.1 Å². The smallest absolute Gasteiger partial charge is 0.276 e. The van der Waals surface area contributed by atoms with Crippen molar-refractivity contribution < 1.29 is 14.3 Å². The monoisotopic (exact) mass is 384 g/mol. The van der Waals surface area contributed by atoms with Crippen molar-refractivity contribution in [1.82, 2.24) is 30.2 Å². The molecule has 144 valence electrons. The molecule has 1 aliphatic heterocycles. The van der Waals surface area contributed by atoms with E-state index in [0.717, 1.165) is 19.3 Å². The fourth-order valence-corrected chi connectivity index (χ4v) is 3.16. The summed E-state index contributed by atoms with van der Waals surface area (Å²) in [4.78, 5) is 25.2. The van der Waals surface area contributed by atoms with Crippen molar-refractivity contribution in [3.05, 3.63) is 40.1 Å². The number of hydrogen-bond acceptors (Lipinski definition) is 9. The first-order valence-electron chi connectivity index (χ1n) is 8.64. The number of hydrogen-bond donors (Lipinski definition) is 1. The molecule has 0 aliphatic carbocycles. The van der Waals surface area contributed by atoms with Gasteiger partial charge < -0.3 is 10.6 Å². The molecule has 1 aromatic carbocycles. The van der Waals surface area contributed by atoms with E-state index in [1.807, 2.05) is 0 Å². The van der Waals surface area contributed by atoms with Crippen LogP contribution >= 0.6 is 0 Å². The van der Waals surface area contributed by atoms with Crippen LogP contribution < -0.4 is 5.73 Å². The van der Waals surface area contributed by atoms with Crippen molar-refractivity contribution in [3.63, 3.8) is 0 Å². The number of rotatable bonds is 4. The third-order valence-corrected chi connectivity index (χ3v) is 4.56. The van der Waals surface area contributed by atoms with Crippen LogP contribution in [0, 0.1) is 10.1 Å². The van der Waals surface area contributed by atoms with Crippen molar-refractivity contribution in [1.29, 1.82) is 0 Å². The molecule has 1 aliphatic rings. The van der Waals surface area contributed by atoms with E-state index in [1.165, 1.54) is 28.9 Å². The third-order valence-electron chi connectivity index (χ3n) is 4.56. The predicted octanol–water partition coefficient (Wildman–Crippen LogP) is 1.43. The van der Waals surface area contributed by atoms with Gasteiger partial charge in [-0.15, -0.1) is 5.10 Å². The minimum atomic E-state index is -0.501. The van der Waals surface area contributed by atoms with E-state index < -0.39 is 4.92 Å². The highest BCUT2D eigenvalue weighted by atomic mass is 16.6. The molecule has 28 heavy (non-hydrogen) atoms.